The molecule has 2 aromatic rings. The summed E-state index contributed by atoms with van der Waals surface area (Å²) in [5, 5.41) is 9.01. The number of halogens is 3. The van der Waals surface area contributed by atoms with Crippen molar-refractivity contribution in [2.24, 2.45) is 0 Å². The third-order valence-corrected chi connectivity index (χ3v) is 4.63. The fourth-order valence-electron chi connectivity index (χ4n) is 2.29. The van der Waals surface area contributed by atoms with Crippen LogP contribution in [0.3, 0.4) is 0 Å². The van der Waals surface area contributed by atoms with Crippen LogP contribution in [0.2, 0.25) is 0 Å². The number of nitriles is 1. The van der Waals surface area contributed by atoms with Gasteiger partial charge in [-0.05, 0) is 55.1 Å². The molecule has 0 saturated heterocycles. The Labute approximate surface area is 172 Å². The van der Waals surface area contributed by atoms with Gasteiger partial charge in [-0.2, -0.15) is 5.26 Å². The van der Waals surface area contributed by atoms with Gasteiger partial charge in [0, 0.05) is 0 Å². The van der Waals surface area contributed by atoms with Crippen molar-refractivity contribution in [1.82, 2.24) is 0 Å². The summed E-state index contributed by atoms with van der Waals surface area (Å²) < 4.78 is 28.9. The van der Waals surface area contributed by atoms with Crippen LogP contribution in [0.25, 0.3) is 5.57 Å². The molecule has 2 aromatic carbocycles. The summed E-state index contributed by atoms with van der Waals surface area (Å²) in [5.74, 6) is -0.333. The van der Waals surface area contributed by atoms with Crippen molar-refractivity contribution in [1.29, 1.82) is 5.26 Å². The zero-order valence-corrected chi connectivity index (χ0v) is 17.3. The van der Waals surface area contributed by atoms with E-state index in [1.807, 2.05) is 0 Å². The second kappa shape index (κ2) is 10.1. The smallest absolute Gasteiger partial charge is 0.344 e. The van der Waals surface area contributed by atoms with Crippen molar-refractivity contribution in [3.63, 3.8) is 0 Å². The van der Waals surface area contributed by atoms with Crippen LogP contribution in [0.15, 0.2) is 51.6 Å². The standard InChI is InChI=1S/C19H14Br2FNO4/c1-25-10-15(19(24)27-11-22)14-5-3-2-4-13(14)9-26-18-16(20)6-12(8-23)7-17(18)21/h2-7,10H,9,11H2,1H3/b15-10+. The first-order valence-corrected chi connectivity index (χ1v) is 9.16. The van der Waals surface area contributed by atoms with Crippen LogP contribution in [0.5, 0.6) is 5.75 Å². The van der Waals surface area contributed by atoms with Crippen LogP contribution in [0, 0.1) is 11.3 Å². The highest BCUT2D eigenvalue weighted by Gasteiger charge is 2.18. The van der Waals surface area contributed by atoms with Gasteiger partial charge in [-0.25, -0.2) is 9.18 Å². The van der Waals surface area contributed by atoms with Crippen molar-refractivity contribution in [3.8, 4) is 11.8 Å². The maximum absolute atomic E-state index is 12.4. The average Bonchev–Trinajstić information content (AvgIpc) is 2.66. The van der Waals surface area contributed by atoms with Crippen molar-refractivity contribution in [2.45, 2.75) is 6.61 Å². The summed E-state index contributed by atoms with van der Waals surface area (Å²) in [4.78, 5) is 12.0. The molecule has 5 nitrogen and oxygen atoms in total. The van der Waals surface area contributed by atoms with Crippen LogP contribution in [0.4, 0.5) is 4.39 Å². The summed E-state index contributed by atoms with van der Waals surface area (Å²) in [7, 11) is 1.38. The van der Waals surface area contributed by atoms with E-state index in [4.69, 9.17) is 14.7 Å². The summed E-state index contributed by atoms with van der Waals surface area (Å²) in [6, 6.07) is 12.3. The number of alkyl halides is 1. The van der Waals surface area contributed by atoms with Crippen LogP contribution in [0.1, 0.15) is 16.7 Å². The molecule has 0 N–H and O–H groups in total. The van der Waals surface area contributed by atoms with Gasteiger partial charge in [-0.15, -0.1) is 0 Å². The van der Waals surface area contributed by atoms with Gasteiger partial charge < -0.3 is 14.2 Å². The van der Waals surface area contributed by atoms with Gasteiger partial charge >= 0.3 is 5.97 Å². The second-order valence-electron chi connectivity index (χ2n) is 5.13. The lowest BCUT2D eigenvalue weighted by molar-refractivity contribution is -0.140. The van der Waals surface area contributed by atoms with E-state index in [0.29, 0.717) is 31.4 Å². The predicted octanol–water partition coefficient (Wildman–Crippen LogP) is 5.12. The lowest BCUT2D eigenvalue weighted by Crippen LogP contribution is -2.10. The first-order chi connectivity index (χ1) is 13.0. The molecule has 0 aromatic heterocycles. The molecule has 0 radical (unpaired) electrons. The Kier molecular flexibility index (Phi) is 7.82. The highest BCUT2D eigenvalue weighted by Crippen LogP contribution is 2.35. The monoisotopic (exact) mass is 497 g/mol. The predicted molar refractivity (Wildman–Crippen MR) is 104 cm³/mol. The number of hydrogen-bond acceptors (Lipinski definition) is 5. The molecule has 27 heavy (non-hydrogen) atoms. The van der Waals surface area contributed by atoms with Gasteiger partial charge in [-0.1, -0.05) is 24.3 Å². The molecule has 8 heteroatoms. The molecular weight excluding hydrogens is 485 g/mol. The zero-order valence-electron chi connectivity index (χ0n) is 14.2. The maximum atomic E-state index is 12.4. The minimum absolute atomic E-state index is 0.0762. The highest BCUT2D eigenvalue weighted by molar-refractivity contribution is 9.11. The number of carbonyl (C=O) groups is 1. The van der Waals surface area contributed by atoms with E-state index in [9.17, 15) is 9.18 Å². The Balaban J connectivity index is 2.33. The van der Waals surface area contributed by atoms with Crippen LogP contribution in [-0.2, 0) is 20.9 Å². The van der Waals surface area contributed by atoms with Crippen LogP contribution in [-0.4, -0.2) is 19.9 Å². The summed E-state index contributed by atoms with van der Waals surface area (Å²) in [6.45, 7) is -1.12. The largest absolute Gasteiger partial charge is 0.503 e. The first-order valence-electron chi connectivity index (χ1n) is 7.58. The fourth-order valence-corrected chi connectivity index (χ4v) is 3.70. The molecule has 0 aliphatic carbocycles. The van der Waals surface area contributed by atoms with Crippen molar-refractivity contribution in [2.75, 3.05) is 14.0 Å². The Hall–Kier alpha value is -2.37. The number of carbonyl (C=O) groups excluding carboxylic acids is 1. The Morgan fingerprint density at radius 2 is 1.93 bits per heavy atom. The van der Waals surface area contributed by atoms with Gasteiger partial charge in [0.15, 0.2) is 0 Å². The van der Waals surface area contributed by atoms with Crippen molar-refractivity contribution in [3.05, 3.63) is 68.3 Å². The van der Waals surface area contributed by atoms with E-state index in [2.05, 4.69) is 42.7 Å². The van der Waals surface area contributed by atoms with E-state index in [1.165, 1.54) is 13.4 Å². The Morgan fingerprint density at radius 1 is 1.26 bits per heavy atom. The normalized spacial score (nSPS) is 10.9. The van der Waals surface area contributed by atoms with Gasteiger partial charge in [0.1, 0.15) is 17.9 Å². The lowest BCUT2D eigenvalue weighted by Gasteiger charge is -2.14. The minimum Gasteiger partial charge on any atom is -0.503 e. The quantitative estimate of drug-likeness (QED) is 0.301. The number of rotatable bonds is 7. The molecule has 0 atom stereocenters. The summed E-state index contributed by atoms with van der Waals surface area (Å²) in [6.07, 6.45) is 1.20. The summed E-state index contributed by atoms with van der Waals surface area (Å²) >= 11 is 6.75. The molecule has 0 unspecified atom stereocenters. The third-order valence-electron chi connectivity index (χ3n) is 3.45. The number of hydrogen-bond donors (Lipinski definition) is 0. The number of benzene rings is 2. The first kappa shape index (κ1) is 20.9. The highest BCUT2D eigenvalue weighted by atomic mass is 79.9. The third kappa shape index (κ3) is 5.31. The van der Waals surface area contributed by atoms with E-state index in [1.54, 1.807) is 36.4 Å². The lowest BCUT2D eigenvalue weighted by atomic mass is 10.0. The molecule has 140 valence electrons. The maximum Gasteiger partial charge on any atom is 0.344 e. The molecule has 0 aliphatic heterocycles. The van der Waals surface area contributed by atoms with Crippen molar-refractivity contribution >= 4 is 43.4 Å². The molecule has 0 bridgehead atoms. The van der Waals surface area contributed by atoms with E-state index >= 15 is 0 Å². The SMILES string of the molecule is CO/C=C(/C(=O)OCF)c1ccccc1COc1c(Br)cc(C#N)cc1Br. The minimum atomic E-state index is -1.23. The van der Waals surface area contributed by atoms with E-state index in [0.717, 1.165) is 0 Å². The molecule has 0 heterocycles. The second-order valence-corrected chi connectivity index (χ2v) is 6.84. The van der Waals surface area contributed by atoms with Gasteiger partial charge in [-0.3, -0.25) is 0 Å². The van der Waals surface area contributed by atoms with Crippen LogP contribution >= 0.6 is 31.9 Å². The molecule has 0 fully saturated rings. The van der Waals surface area contributed by atoms with Gasteiger partial charge in [0.05, 0.1) is 33.9 Å². The van der Waals surface area contributed by atoms with Gasteiger partial charge in [0.25, 0.3) is 0 Å². The van der Waals surface area contributed by atoms with E-state index < -0.39 is 12.8 Å². The number of nitrogens with zero attached hydrogens (tertiary/aromatic N) is 1. The Morgan fingerprint density at radius 3 is 2.52 bits per heavy atom. The topological polar surface area (TPSA) is 68.6 Å². The molecule has 0 amide bonds. The van der Waals surface area contributed by atoms with Crippen LogP contribution < -0.4 is 4.74 Å². The van der Waals surface area contributed by atoms with E-state index in [-0.39, 0.29) is 12.2 Å². The summed E-state index contributed by atoms with van der Waals surface area (Å²) in [5.41, 5.74) is 1.71. The molecule has 2 rings (SSSR count). The molecule has 0 spiro atoms. The number of methoxy groups -OCH3 is 1. The van der Waals surface area contributed by atoms with Gasteiger partial charge in [0.2, 0.25) is 6.86 Å². The average molecular weight is 499 g/mol. The molecular formula is C19H14Br2FNO4. The fraction of sp³-hybridized carbons (Fsp3) is 0.158. The zero-order chi connectivity index (χ0) is 19.8. The number of esters is 1. The number of ether oxygens (including phenoxy) is 3. The Bertz CT molecular complexity index is 886. The molecule has 0 saturated carbocycles. The molecule has 0 aliphatic rings. The van der Waals surface area contributed by atoms with Crippen molar-refractivity contribution < 1.29 is 23.4 Å².